The Morgan fingerprint density at radius 1 is 1.11 bits per heavy atom. The van der Waals surface area contributed by atoms with E-state index >= 15 is 0 Å². The van der Waals surface area contributed by atoms with E-state index in [0.717, 1.165) is 17.0 Å². The Kier molecular flexibility index (Phi) is 19.3. The summed E-state index contributed by atoms with van der Waals surface area (Å²) in [6.07, 6.45) is 2.31. The van der Waals surface area contributed by atoms with Crippen molar-refractivity contribution in [2.75, 3.05) is 27.7 Å². The Morgan fingerprint density at radius 3 is 2.16 bits per heavy atom. The van der Waals surface area contributed by atoms with Crippen molar-refractivity contribution in [1.82, 2.24) is 20.5 Å². The number of pyridine rings is 1. The summed E-state index contributed by atoms with van der Waals surface area (Å²) in [6.45, 7) is 6.98. The molecule has 11 heteroatoms. The van der Waals surface area contributed by atoms with Crippen molar-refractivity contribution < 1.29 is 23.9 Å². The largest absolute Gasteiger partial charge is 0.471 e. The summed E-state index contributed by atoms with van der Waals surface area (Å²) in [4.78, 5) is 38.9. The van der Waals surface area contributed by atoms with Gasteiger partial charge >= 0.3 is 6.03 Å². The van der Waals surface area contributed by atoms with Gasteiger partial charge in [-0.25, -0.2) is 9.78 Å². The maximum absolute atomic E-state index is 11.4. The molecule has 3 rings (SSSR count). The van der Waals surface area contributed by atoms with Crippen molar-refractivity contribution in [1.29, 1.82) is 0 Å². The van der Waals surface area contributed by atoms with E-state index in [1.807, 2.05) is 67.6 Å². The van der Waals surface area contributed by atoms with Crippen LogP contribution in [0.2, 0.25) is 5.02 Å². The third kappa shape index (κ3) is 16.3. The minimum absolute atomic E-state index is 0.0625. The van der Waals surface area contributed by atoms with Crippen LogP contribution in [0.1, 0.15) is 12.5 Å². The lowest BCUT2D eigenvalue weighted by Crippen LogP contribution is -2.36. The summed E-state index contributed by atoms with van der Waals surface area (Å²) >= 11 is 5.75. The highest BCUT2D eigenvalue weighted by molar-refractivity contribution is 6.30. The number of nitrogens with one attached hydrogen (secondary N) is 2. The Balaban J connectivity index is 0.000000564. The highest BCUT2D eigenvalue weighted by atomic mass is 35.5. The van der Waals surface area contributed by atoms with Gasteiger partial charge in [-0.1, -0.05) is 29.8 Å². The predicted molar refractivity (Wildman–Crippen MR) is 150 cm³/mol. The zero-order valence-corrected chi connectivity index (χ0v) is 22.7. The molecule has 0 unspecified atom stereocenters. The van der Waals surface area contributed by atoms with Gasteiger partial charge in [0.05, 0.1) is 12.8 Å². The normalized spacial score (nSPS) is 8.76. The molecule has 0 radical (unpaired) electrons. The van der Waals surface area contributed by atoms with E-state index in [0.29, 0.717) is 36.9 Å². The molecule has 3 aromatic rings. The van der Waals surface area contributed by atoms with E-state index in [-0.39, 0.29) is 6.03 Å². The third-order valence-electron chi connectivity index (χ3n) is 4.27. The first kappa shape index (κ1) is 33.6. The van der Waals surface area contributed by atoms with Crippen LogP contribution in [0.5, 0.6) is 11.6 Å². The molecule has 2 aromatic carbocycles. The molecular formula is C27H34ClN5O5. The molecule has 38 heavy (non-hydrogen) atoms. The molecule has 204 valence electrons. The molecule has 0 saturated heterocycles. The molecule has 1 heterocycles. The lowest BCUT2D eigenvalue weighted by atomic mass is 10.2. The van der Waals surface area contributed by atoms with Crippen molar-refractivity contribution in [2.24, 2.45) is 4.99 Å². The highest BCUT2D eigenvalue weighted by Gasteiger charge is 2.04. The van der Waals surface area contributed by atoms with Crippen LogP contribution >= 0.6 is 11.6 Å². The fraction of sp³-hybridized carbons (Fsp3) is 0.222. The second-order valence-corrected chi connectivity index (χ2v) is 7.40. The van der Waals surface area contributed by atoms with Gasteiger partial charge < -0.3 is 25.0 Å². The van der Waals surface area contributed by atoms with Crippen molar-refractivity contribution in [3.63, 3.8) is 0 Å². The van der Waals surface area contributed by atoms with E-state index in [1.54, 1.807) is 31.3 Å². The molecule has 0 spiro atoms. The van der Waals surface area contributed by atoms with Crippen LogP contribution in [0.15, 0.2) is 77.9 Å². The fourth-order valence-corrected chi connectivity index (χ4v) is 2.33. The molecule has 2 N–H and O–H groups in total. The smallest absolute Gasteiger partial charge is 0.317 e. The van der Waals surface area contributed by atoms with Crippen LogP contribution in [-0.4, -0.2) is 63.3 Å². The number of hydrogen-bond acceptors (Lipinski definition) is 7. The third-order valence-corrected chi connectivity index (χ3v) is 4.52. The number of amides is 3. The van der Waals surface area contributed by atoms with Crippen molar-refractivity contribution >= 4 is 42.9 Å². The first-order valence-corrected chi connectivity index (χ1v) is 11.7. The molecular weight excluding hydrogens is 510 g/mol. The maximum Gasteiger partial charge on any atom is 0.317 e. The number of carbonyl (C=O) groups is 3. The molecule has 0 aliphatic rings. The first-order valence-electron chi connectivity index (χ1n) is 11.3. The van der Waals surface area contributed by atoms with Gasteiger partial charge in [-0.05, 0) is 61.7 Å². The van der Waals surface area contributed by atoms with Crippen molar-refractivity contribution in [3.05, 3.63) is 83.5 Å². The lowest BCUT2D eigenvalue weighted by Gasteiger charge is -2.15. The van der Waals surface area contributed by atoms with Gasteiger partial charge in [0.1, 0.15) is 5.75 Å². The summed E-state index contributed by atoms with van der Waals surface area (Å²) in [5.74, 6) is 1.32. The molecule has 0 fully saturated rings. The van der Waals surface area contributed by atoms with Crippen molar-refractivity contribution in [2.45, 2.75) is 13.5 Å². The summed E-state index contributed by atoms with van der Waals surface area (Å²) in [6, 6.07) is 20.2. The number of carbonyl (C=O) groups excluding carboxylic acids is 3. The number of hydrogen-bond donors (Lipinski definition) is 2. The van der Waals surface area contributed by atoms with Gasteiger partial charge in [0.15, 0.2) is 0 Å². The number of rotatable bonds is 8. The van der Waals surface area contributed by atoms with Gasteiger partial charge in [-0.2, -0.15) is 0 Å². The van der Waals surface area contributed by atoms with Crippen LogP contribution in [0.4, 0.5) is 10.5 Å². The van der Waals surface area contributed by atoms with Gasteiger partial charge in [0, 0.05) is 44.5 Å². The molecule has 1 aromatic heterocycles. The van der Waals surface area contributed by atoms with Crippen LogP contribution in [0.3, 0.4) is 0 Å². The maximum atomic E-state index is 11.4. The van der Waals surface area contributed by atoms with Crippen LogP contribution < -0.4 is 15.4 Å². The van der Waals surface area contributed by atoms with E-state index in [1.165, 1.54) is 7.11 Å². The lowest BCUT2D eigenvalue weighted by molar-refractivity contribution is -0.126. The molecule has 3 amide bonds. The Labute approximate surface area is 228 Å². The number of benzene rings is 2. The Hall–Kier alpha value is -4.44. The summed E-state index contributed by atoms with van der Waals surface area (Å²) in [5.41, 5.74) is 1.86. The van der Waals surface area contributed by atoms with Gasteiger partial charge in [0.25, 0.3) is 6.47 Å². The molecule has 0 atom stereocenters. The van der Waals surface area contributed by atoms with E-state index in [9.17, 15) is 4.79 Å². The molecule has 0 bridgehead atoms. The Morgan fingerprint density at radius 2 is 1.71 bits per heavy atom. The van der Waals surface area contributed by atoms with Gasteiger partial charge in [-0.3, -0.25) is 14.6 Å². The number of methoxy groups -OCH3 is 1. The molecule has 0 saturated carbocycles. The Bertz CT molecular complexity index is 1040. The quantitative estimate of drug-likeness (QED) is 0.309. The minimum Gasteiger partial charge on any atom is -0.471 e. The average molecular weight is 544 g/mol. The predicted octanol–water partition coefficient (Wildman–Crippen LogP) is 4.86. The number of urea groups is 1. The van der Waals surface area contributed by atoms with Crippen LogP contribution in [-0.2, 0) is 20.9 Å². The number of aromatic nitrogens is 1. The minimum atomic E-state index is -0.0625. The van der Waals surface area contributed by atoms with Gasteiger partial charge in [0.2, 0.25) is 12.3 Å². The molecule has 0 aliphatic carbocycles. The topological polar surface area (TPSA) is 122 Å². The number of aliphatic imine (C=N–C) groups is 1. The summed E-state index contributed by atoms with van der Waals surface area (Å²) in [7, 11) is 4.64. The first-order chi connectivity index (χ1) is 18.3. The summed E-state index contributed by atoms with van der Waals surface area (Å²) in [5, 5.41) is 5.77. The monoisotopic (exact) mass is 543 g/mol. The average Bonchev–Trinajstić information content (AvgIpc) is 2.97. The second kappa shape index (κ2) is 21.8. The fourth-order valence-electron chi connectivity index (χ4n) is 2.21. The van der Waals surface area contributed by atoms with Crippen molar-refractivity contribution in [3.8, 4) is 11.6 Å². The molecule has 10 nitrogen and oxygen atoms in total. The second-order valence-electron chi connectivity index (χ2n) is 6.96. The van der Waals surface area contributed by atoms with E-state index < -0.39 is 0 Å². The van der Waals surface area contributed by atoms with Crippen LogP contribution in [0, 0.1) is 0 Å². The SMILES string of the molecule is C=Nc1ccc(Oc2ccccn2)cc1.CCN(C)C(=O)NCc1ccc(Cl)cc1.CNC=O.COC=O. The highest BCUT2D eigenvalue weighted by Crippen LogP contribution is 2.21. The standard InChI is InChI=1S/C12H10N2O.C11H15ClN2O.C2H5NO.C2H4O2/c1-13-10-5-7-11(8-6-10)15-12-4-2-3-9-14-12;1-3-14(2)11(15)13-8-9-4-6-10(12)7-5-9;1-3-2-4;1-4-2-3/h2-9H,1H2;4-7H,3,8H2,1-2H3,(H,13,15);2H,1H3,(H,3,4);2H,1H3. The summed E-state index contributed by atoms with van der Waals surface area (Å²) < 4.78 is 9.37. The van der Waals surface area contributed by atoms with Crippen LogP contribution in [0.25, 0.3) is 0 Å². The molecule has 0 aliphatic heterocycles. The zero-order chi connectivity index (χ0) is 28.6. The zero-order valence-electron chi connectivity index (χ0n) is 22.0. The van der Waals surface area contributed by atoms with Gasteiger partial charge in [-0.15, -0.1) is 0 Å². The number of halogens is 1. The number of ether oxygens (including phenoxy) is 2. The number of nitrogens with zero attached hydrogens (tertiary/aromatic N) is 3. The van der Waals surface area contributed by atoms with E-state index in [2.05, 4.69) is 32.1 Å². The van der Waals surface area contributed by atoms with E-state index in [4.69, 9.17) is 25.9 Å².